The number of rotatable bonds is 2. The maximum atomic E-state index is 13.9. The first-order valence-corrected chi connectivity index (χ1v) is 7.90. The Balaban J connectivity index is 2.62. The molecule has 0 aliphatic rings. The molecular formula is C15H16ClFN2OS. The van der Waals surface area contributed by atoms with Crippen molar-refractivity contribution in [3.8, 4) is 0 Å². The molecule has 1 aromatic carbocycles. The molecule has 0 aliphatic heterocycles. The molecule has 0 N–H and O–H groups in total. The Hall–Kier alpha value is -1.33. The highest BCUT2D eigenvalue weighted by Gasteiger charge is 2.20. The van der Waals surface area contributed by atoms with E-state index in [2.05, 4.69) is 9.38 Å². The van der Waals surface area contributed by atoms with Gasteiger partial charge in [-0.1, -0.05) is 11.6 Å². The molecule has 1 heterocycles. The van der Waals surface area contributed by atoms with Crippen molar-refractivity contribution >= 4 is 39.2 Å². The lowest BCUT2D eigenvalue weighted by atomic mass is 10.1. The van der Waals surface area contributed by atoms with Crippen LogP contribution in [0.2, 0.25) is 5.02 Å². The van der Waals surface area contributed by atoms with Crippen molar-refractivity contribution in [2.24, 2.45) is 4.40 Å². The average molecular weight is 327 g/mol. The van der Waals surface area contributed by atoms with Crippen LogP contribution < -0.4 is 0 Å². The van der Waals surface area contributed by atoms with Gasteiger partial charge in [0.25, 0.3) is 0 Å². The molecule has 3 nitrogen and oxygen atoms in total. The van der Waals surface area contributed by atoms with Crippen LogP contribution in [0, 0.1) is 5.82 Å². The normalized spacial score (nSPS) is 14.5. The SMILES string of the molecule is C/C(=N/[S@@](=O)C(C)(C)C)c1ccnc2c(F)cc(Cl)cc12. The summed E-state index contributed by atoms with van der Waals surface area (Å²) in [6, 6.07) is 4.58. The van der Waals surface area contributed by atoms with Crippen LogP contribution in [0.25, 0.3) is 10.9 Å². The van der Waals surface area contributed by atoms with Gasteiger partial charge in [0.05, 0.1) is 10.5 Å². The van der Waals surface area contributed by atoms with Gasteiger partial charge >= 0.3 is 0 Å². The second-order valence-electron chi connectivity index (χ2n) is 5.68. The van der Waals surface area contributed by atoms with Gasteiger partial charge in [-0.3, -0.25) is 4.98 Å². The maximum Gasteiger partial charge on any atom is 0.150 e. The van der Waals surface area contributed by atoms with Gasteiger partial charge in [-0.05, 0) is 45.9 Å². The summed E-state index contributed by atoms with van der Waals surface area (Å²) in [6.45, 7) is 7.29. The van der Waals surface area contributed by atoms with E-state index >= 15 is 0 Å². The van der Waals surface area contributed by atoms with E-state index in [1.807, 2.05) is 20.8 Å². The van der Waals surface area contributed by atoms with Gasteiger partial charge in [-0.15, -0.1) is 0 Å². The summed E-state index contributed by atoms with van der Waals surface area (Å²) < 4.78 is 29.8. The summed E-state index contributed by atoms with van der Waals surface area (Å²) in [5.41, 5.74) is 1.48. The van der Waals surface area contributed by atoms with Crippen LogP contribution in [0.15, 0.2) is 28.8 Å². The number of nitrogens with zero attached hydrogens (tertiary/aromatic N) is 2. The van der Waals surface area contributed by atoms with E-state index in [1.54, 1.807) is 19.1 Å². The van der Waals surface area contributed by atoms with E-state index in [1.165, 1.54) is 12.3 Å². The van der Waals surface area contributed by atoms with Crippen LogP contribution in [0.3, 0.4) is 0 Å². The van der Waals surface area contributed by atoms with Crippen molar-refractivity contribution in [3.05, 3.63) is 40.8 Å². The molecule has 0 radical (unpaired) electrons. The Bertz CT molecular complexity index is 753. The molecule has 21 heavy (non-hydrogen) atoms. The van der Waals surface area contributed by atoms with Crippen LogP contribution in [-0.2, 0) is 11.0 Å². The van der Waals surface area contributed by atoms with Crippen LogP contribution in [0.4, 0.5) is 4.39 Å². The van der Waals surface area contributed by atoms with E-state index in [4.69, 9.17) is 11.6 Å². The lowest BCUT2D eigenvalue weighted by Crippen LogP contribution is -2.20. The van der Waals surface area contributed by atoms with Gasteiger partial charge in [0.2, 0.25) is 0 Å². The zero-order valence-electron chi connectivity index (χ0n) is 12.3. The van der Waals surface area contributed by atoms with E-state index in [9.17, 15) is 8.60 Å². The van der Waals surface area contributed by atoms with Crippen molar-refractivity contribution in [2.45, 2.75) is 32.4 Å². The molecule has 0 saturated heterocycles. The molecule has 112 valence electrons. The van der Waals surface area contributed by atoms with Gasteiger partial charge in [-0.25, -0.2) is 8.60 Å². The second kappa shape index (κ2) is 5.81. The molecule has 0 aliphatic carbocycles. The third-order valence-electron chi connectivity index (χ3n) is 2.90. The van der Waals surface area contributed by atoms with E-state index in [-0.39, 0.29) is 5.52 Å². The Morgan fingerprint density at radius 1 is 1.38 bits per heavy atom. The van der Waals surface area contributed by atoms with Crippen molar-refractivity contribution in [1.29, 1.82) is 0 Å². The van der Waals surface area contributed by atoms with Gasteiger partial charge in [-0.2, -0.15) is 4.40 Å². The van der Waals surface area contributed by atoms with E-state index in [0.717, 1.165) is 0 Å². The summed E-state index contributed by atoms with van der Waals surface area (Å²) in [7, 11) is -1.38. The molecular weight excluding hydrogens is 311 g/mol. The lowest BCUT2D eigenvalue weighted by molar-refractivity contribution is 0.637. The predicted molar refractivity (Wildman–Crippen MR) is 86.8 cm³/mol. The fourth-order valence-corrected chi connectivity index (χ4v) is 2.63. The molecule has 0 bridgehead atoms. The quantitative estimate of drug-likeness (QED) is 0.772. The Morgan fingerprint density at radius 3 is 2.67 bits per heavy atom. The smallest absolute Gasteiger partial charge is 0.150 e. The minimum absolute atomic E-state index is 0.230. The van der Waals surface area contributed by atoms with Crippen LogP contribution in [0.5, 0.6) is 0 Å². The minimum Gasteiger partial charge on any atom is -0.253 e. The predicted octanol–water partition coefficient (Wildman–Crippen LogP) is 4.30. The molecule has 1 atom stereocenters. The molecule has 1 aromatic heterocycles. The van der Waals surface area contributed by atoms with Gasteiger partial charge < -0.3 is 0 Å². The molecule has 0 unspecified atom stereocenters. The summed E-state index contributed by atoms with van der Waals surface area (Å²) in [4.78, 5) is 4.03. The van der Waals surface area contributed by atoms with Crippen molar-refractivity contribution in [3.63, 3.8) is 0 Å². The Morgan fingerprint density at radius 2 is 2.05 bits per heavy atom. The first kappa shape index (κ1) is 16.0. The Labute approximate surface area is 130 Å². The largest absolute Gasteiger partial charge is 0.253 e. The summed E-state index contributed by atoms with van der Waals surface area (Å²) in [5.74, 6) is -0.482. The Kier molecular flexibility index (Phi) is 4.44. The molecule has 2 rings (SSSR count). The van der Waals surface area contributed by atoms with Crippen molar-refractivity contribution in [1.82, 2.24) is 4.98 Å². The average Bonchev–Trinajstić information content (AvgIpc) is 2.36. The number of pyridine rings is 1. The monoisotopic (exact) mass is 326 g/mol. The standard InChI is InChI=1S/C15H16ClFN2OS/c1-9(19-21(20)15(2,3)4)11-5-6-18-14-12(11)7-10(16)8-13(14)17/h5-8H,1-4H3/b19-9-/t21-/m0/s1. The molecule has 0 fully saturated rings. The first-order valence-electron chi connectivity index (χ1n) is 6.41. The molecule has 6 heteroatoms. The van der Waals surface area contributed by atoms with Crippen LogP contribution in [-0.4, -0.2) is 19.7 Å². The zero-order valence-corrected chi connectivity index (χ0v) is 13.8. The lowest BCUT2D eigenvalue weighted by Gasteiger charge is -2.14. The molecule has 0 saturated carbocycles. The van der Waals surface area contributed by atoms with Crippen molar-refractivity contribution < 1.29 is 8.60 Å². The highest BCUT2D eigenvalue weighted by Crippen LogP contribution is 2.25. The first-order chi connectivity index (χ1) is 9.70. The van der Waals surface area contributed by atoms with Crippen LogP contribution in [0.1, 0.15) is 33.3 Å². The number of fused-ring (bicyclic) bond motifs is 1. The number of aromatic nitrogens is 1. The second-order valence-corrected chi connectivity index (χ2v) is 8.02. The number of benzene rings is 1. The number of halogens is 2. The number of hydrogen-bond acceptors (Lipinski definition) is 2. The summed E-state index contributed by atoms with van der Waals surface area (Å²) in [5, 5.41) is 0.855. The van der Waals surface area contributed by atoms with Gasteiger partial charge in [0, 0.05) is 22.2 Å². The number of hydrogen-bond donors (Lipinski definition) is 0. The maximum absolute atomic E-state index is 13.9. The molecule has 0 amide bonds. The zero-order chi connectivity index (χ0) is 15.8. The van der Waals surface area contributed by atoms with E-state index in [0.29, 0.717) is 21.7 Å². The van der Waals surface area contributed by atoms with Gasteiger partial charge in [0.1, 0.15) is 16.5 Å². The highest BCUT2D eigenvalue weighted by molar-refractivity contribution is 7.85. The van der Waals surface area contributed by atoms with Gasteiger partial charge in [0.15, 0.2) is 5.82 Å². The minimum atomic E-state index is -1.38. The summed E-state index contributed by atoms with van der Waals surface area (Å²) in [6.07, 6.45) is 1.51. The fourth-order valence-electron chi connectivity index (χ4n) is 1.80. The third-order valence-corrected chi connectivity index (χ3v) is 4.60. The molecule has 2 aromatic rings. The summed E-state index contributed by atoms with van der Waals surface area (Å²) >= 11 is 5.91. The third kappa shape index (κ3) is 3.47. The topological polar surface area (TPSA) is 42.3 Å². The van der Waals surface area contributed by atoms with Crippen LogP contribution >= 0.6 is 11.6 Å². The molecule has 0 spiro atoms. The van der Waals surface area contributed by atoms with E-state index < -0.39 is 21.5 Å². The van der Waals surface area contributed by atoms with Crippen molar-refractivity contribution in [2.75, 3.05) is 0 Å². The highest BCUT2D eigenvalue weighted by atomic mass is 35.5. The fraction of sp³-hybridized carbons (Fsp3) is 0.333.